The number of anilines is 2. The molecule has 2 N–H and O–H groups in total. The van der Waals surface area contributed by atoms with Crippen molar-refractivity contribution in [3.8, 4) is 0 Å². The lowest BCUT2D eigenvalue weighted by Crippen LogP contribution is -2.28. The van der Waals surface area contributed by atoms with Crippen LogP contribution in [0.3, 0.4) is 0 Å². The summed E-state index contributed by atoms with van der Waals surface area (Å²) < 4.78 is 0. The maximum absolute atomic E-state index is 9.28. The van der Waals surface area contributed by atoms with E-state index in [1.54, 1.807) is 14.0 Å². The molecule has 0 aliphatic heterocycles. The number of aliphatic hydroxyl groups is 1. The summed E-state index contributed by atoms with van der Waals surface area (Å²) in [4.78, 5) is 10.4. The Balaban J connectivity index is 2.88. The molecule has 1 unspecified atom stereocenters. The van der Waals surface area contributed by atoms with Crippen molar-refractivity contribution in [1.82, 2.24) is 9.97 Å². The number of rotatable bonds is 4. The van der Waals surface area contributed by atoms with Gasteiger partial charge in [0.25, 0.3) is 0 Å². The van der Waals surface area contributed by atoms with E-state index in [4.69, 9.17) is 0 Å². The first-order valence-corrected chi connectivity index (χ1v) is 4.95. The van der Waals surface area contributed by atoms with Gasteiger partial charge in [-0.2, -0.15) is 4.98 Å². The number of likely N-dealkylation sites (N-methyl/N-ethyl adjacent to an activating group) is 1. The molecule has 0 saturated heterocycles. The molecule has 5 nitrogen and oxygen atoms in total. The van der Waals surface area contributed by atoms with Crippen LogP contribution in [0.25, 0.3) is 0 Å². The molecule has 0 aliphatic rings. The van der Waals surface area contributed by atoms with Crippen LogP contribution < -0.4 is 10.2 Å². The summed E-state index contributed by atoms with van der Waals surface area (Å²) in [6.45, 7) is 4.23. The Morgan fingerprint density at radius 1 is 1.53 bits per heavy atom. The lowest BCUT2D eigenvalue weighted by molar-refractivity contribution is 0.201. The average Bonchev–Trinajstić information content (AvgIpc) is 2.15. The molecule has 0 amide bonds. The first-order valence-electron chi connectivity index (χ1n) is 4.95. The molecule has 0 fully saturated rings. The molecule has 0 aromatic carbocycles. The topological polar surface area (TPSA) is 61.3 Å². The van der Waals surface area contributed by atoms with Crippen molar-refractivity contribution < 1.29 is 5.11 Å². The van der Waals surface area contributed by atoms with Crippen molar-refractivity contribution in [1.29, 1.82) is 0 Å². The number of hydrogen-bond donors (Lipinski definition) is 2. The fourth-order valence-electron chi connectivity index (χ4n) is 1.35. The third-order valence-corrected chi connectivity index (χ3v) is 1.99. The van der Waals surface area contributed by atoms with Crippen molar-refractivity contribution in [3.05, 3.63) is 11.8 Å². The van der Waals surface area contributed by atoms with Gasteiger partial charge in [0, 0.05) is 32.4 Å². The van der Waals surface area contributed by atoms with Crippen molar-refractivity contribution >= 4 is 11.8 Å². The lowest BCUT2D eigenvalue weighted by Gasteiger charge is -2.20. The molecular formula is C10H18N4O. The minimum atomic E-state index is -0.372. The van der Waals surface area contributed by atoms with E-state index in [0.29, 0.717) is 12.5 Å². The molecule has 0 saturated carbocycles. The van der Waals surface area contributed by atoms with Gasteiger partial charge in [-0.05, 0) is 13.8 Å². The summed E-state index contributed by atoms with van der Waals surface area (Å²) in [5, 5.41) is 12.2. The molecule has 1 rings (SSSR count). The quantitative estimate of drug-likeness (QED) is 0.764. The Labute approximate surface area is 90.2 Å². The third-order valence-electron chi connectivity index (χ3n) is 1.99. The third kappa shape index (κ3) is 3.36. The van der Waals surface area contributed by atoms with E-state index in [9.17, 15) is 5.11 Å². The van der Waals surface area contributed by atoms with Gasteiger partial charge in [-0.3, -0.25) is 0 Å². The fourth-order valence-corrected chi connectivity index (χ4v) is 1.35. The monoisotopic (exact) mass is 210 g/mol. The van der Waals surface area contributed by atoms with Crippen LogP contribution in [0.2, 0.25) is 0 Å². The zero-order valence-corrected chi connectivity index (χ0v) is 9.65. The maximum atomic E-state index is 9.28. The van der Waals surface area contributed by atoms with E-state index in [-0.39, 0.29) is 6.10 Å². The van der Waals surface area contributed by atoms with Crippen LogP contribution >= 0.6 is 0 Å². The summed E-state index contributed by atoms with van der Waals surface area (Å²) in [6.07, 6.45) is -0.372. The van der Waals surface area contributed by atoms with Gasteiger partial charge >= 0.3 is 0 Å². The predicted molar refractivity (Wildman–Crippen MR) is 61.3 cm³/mol. The molecule has 1 aromatic heterocycles. The summed E-state index contributed by atoms with van der Waals surface area (Å²) in [7, 11) is 3.68. The fraction of sp³-hybridized carbons (Fsp3) is 0.600. The molecular weight excluding hydrogens is 192 g/mol. The van der Waals surface area contributed by atoms with E-state index >= 15 is 0 Å². The molecule has 1 heterocycles. The van der Waals surface area contributed by atoms with Crippen LogP contribution in [0.15, 0.2) is 6.07 Å². The summed E-state index contributed by atoms with van der Waals surface area (Å²) >= 11 is 0. The highest BCUT2D eigenvalue weighted by Crippen LogP contribution is 2.13. The molecule has 5 heteroatoms. The van der Waals surface area contributed by atoms with Gasteiger partial charge in [-0.25, -0.2) is 4.98 Å². The van der Waals surface area contributed by atoms with Crippen molar-refractivity contribution in [2.24, 2.45) is 0 Å². The second kappa shape index (κ2) is 4.93. The Morgan fingerprint density at radius 2 is 2.20 bits per heavy atom. The molecule has 1 aromatic rings. The smallest absolute Gasteiger partial charge is 0.224 e. The van der Waals surface area contributed by atoms with Crippen LogP contribution in [0.5, 0.6) is 0 Å². The highest BCUT2D eigenvalue weighted by molar-refractivity contribution is 5.43. The minimum absolute atomic E-state index is 0.372. The largest absolute Gasteiger partial charge is 0.392 e. The van der Waals surface area contributed by atoms with Gasteiger partial charge in [0.15, 0.2) is 0 Å². The van der Waals surface area contributed by atoms with Crippen LogP contribution in [0.4, 0.5) is 11.8 Å². The Morgan fingerprint density at radius 3 is 2.73 bits per heavy atom. The zero-order chi connectivity index (χ0) is 11.4. The number of nitrogens with one attached hydrogen (secondary N) is 1. The minimum Gasteiger partial charge on any atom is -0.392 e. The van der Waals surface area contributed by atoms with Gasteiger partial charge in [0.05, 0.1) is 6.10 Å². The lowest BCUT2D eigenvalue weighted by atomic mass is 10.3. The highest BCUT2D eigenvalue weighted by atomic mass is 16.3. The molecule has 0 aliphatic carbocycles. The van der Waals surface area contributed by atoms with Crippen molar-refractivity contribution in [2.45, 2.75) is 20.0 Å². The van der Waals surface area contributed by atoms with E-state index in [1.807, 2.05) is 24.9 Å². The van der Waals surface area contributed by atoms with Gasteiger partial charge in [0.1, 0.15) is 5.82 Å². The van der Waals surface area contributed by atoms with E-state index < -0.39 is 0 Å². The maximum Gasteiger partial charge on any atom is 0.224 e. The average molecular weight is 210 g/mol. The van der Waals surface area contributed by atoms with Crippen LogP contribution in [0.1, 0.15) is 12.6 Å². The Bertz CT molecular complexity index is 327. The van der Waals surface area contributed by atoms with E-state index in [2.05, 4.69) is 15.3 Å². The molecule has 84 valence electrons. The van der Waals surface area contributed by atoms with Gasteiger partial charge in [-0.15, -0.1) is 0 Å². The number of aliphatic hydroxyl groups excluding tert-OH is 1. The summed E-state index contributed by atoms with van der Waals surface area (Å²) in [5.74, 6) is 1.41. The standard InChI is InChI=1S/C10H18N4O/c1-7-5-9(13-10(11-3)12-7)14(4)6-8(2)15/h5,8,15H,6H2,1-4H3,(H,11,12,13). The number of hydrogen-bond acceptors (Lipinski definition) is 5. The number of aromatic nitrogens is 2. The van der Waals surface area contributed by atoms with Gasteiger partial charge < -0.3 is 15.3 Å². The highest BCUT2D eigenvalue weighted by Gasteiger charge is 2.07. The molecule has 1 atom stereocenters. The molecule has 0 spiro atoms. The second-order valence-corrected chi connectivity index (χ2v) is 3.67. The van der Waals surface area contributed by atoms with Crippen LogP contribution in [0, 0.1) is 6.92 Å². The van der Waals surface area contributed by atoms with Crippen LogP contribution in [-0.4, -0.2) is 41.8 Å². The second-order valence-electron chi connectivity index (χ2n) is 3.67. The molecule has 0 radical (unpaired) electrons. The number of aryl methyl sites for hydroxylation is 1. The summed E-state index contributed by atoms with van der Waals surface area (Å²) in [5.41, 5.74) is 0.904. The number of nitrogens with zero attached hydrogens (tertiary/aromatic N) is 3. The van der Waals surface area contributed by atoms with Crippen molar-refractivity contribution in [3.63, 3.8) is 0 Å². The van der Waals surface area contributed by atoms with Gasteiger partial charge in [-0.1, -0.05) is 0 Å². The van der Waals surface area contributed by atoms with Gasteiger partial charge in [0.2, 0.25) is 5.95 Å². The van der Waals surface area contributed by atoms with Crippen molar-refractivity contribution in [2.75, 3.05) is 30.9 Å². The molecule has 15 heavy (non-hydrogen) atoms. The predicted octanol–water partition coefficient (Wildman–Crippen LogP) is 0.644. The van der Waals surface area contributed by atoms with E-state index in [1.165, 1.54) is 0 Å². The molecule has 0 bridgehead atoms. The summed E-state index contributed by atoms with van der Waals surface area (Å²) in [6, 6.07) is 1.89. The first kappa shape index (κ1) is 11.7. The van der Waals surface area contributed by atoms with Crippen LogP contribution in [-0.2, 0) is 0 Å². The zero-order valence-electron chi connectivity index (χ0n) is 9.65. The SMILES string of the molecule is CNc1nc(C)cc(N(C)CC(C)O)n1. The first-order chi connectivity index (χ1) is 7.02. The normalized spacial score (nSPS) is 12.3. The van der Waals surface area contributed by atoms with E-state index in [0.717, 1.165) is 11.5 Å². The Hall–Kier alpha value is -1.36. The Kier molecular flexibility index (Phi) is 3.85.